The van der Waals surface area contributed by atoms with Gasteiger partial charge in [0.1, 0.15) is 21.4 Å². The number of aromatic nitrogens is 1. The maximum atomic E-state index is 14.5. The van der Waals surface area contributed by atoms with Crippen molar-refractivity contribution in [3.05, 3.63) is 106 Å². The summed E-state index contributed by atoms with van der Waals surface area (Å²) in [4.78, 5) is 30.1. The summed E-state index contributed by atoms with van der Waals surface area (Å²) >= 11 is 6.46. The van der Waals surface area contributed by atoms with E-state index in [0.29, 0.717) is 48.3 Å². The number of carbonyl (C=O) groups is 2. The van der Waals surface area contributed by atoms with Crippen molar-refractivity contribution in [3.8, 4) is 5.75 Å². The van der Waals surface area contributed by atoms with E-state index < -0.39 is 21.7 Å². The molecule has 8 rings (SSSR count). The zero-order chi connectivity index (χ0) is 36.0. The van der Waals surface area contributed by atoms with Crippen LogP contribution in [0.3, 0.4) is 0 Å². The van der Waals surface area contributed by atoms with Gasteiger partial charge in [-0.2, -0.15) is 0 Å². The average Bonchev–Trinajstić information content (AvgIpc) is 3.38. The molecule has 11 heteroatoms. The number of hydrogen-bond donors (Lipinski definition) is 1. The summed E-state index contributed by atoms with van der Waals surface area (Å²) in [7, 11) is 0.0586. The molecule has 2 amide bonds. The molecular formula is C41H45ClN4O5S. The predicted molar refractivity (Wildman–Crippen MR) is 206 cm³/mol. The van der Waals surface area contributed by atoms with E-state index in [-0.39, 0.29) is 17.3 Å². The largest absolute Gasteiger partial charge is 0.490 e. The number of halogens is 1. The molecular weight excluding hydrogens is 696 g/mol. The molecule has 4 aromatic rings. The summed E-state index contributed by atoms with van der Waals surface area (Å²) in [5.41, 5.74) is 4.63. The van der Waals surface area contributed by atoms with Gasteiger partial charge in [0.15, 0.2) is 0 Å². The normalized spacial score (nSPS) is 28.1. The molecule has 1 aromatic heterocycles. The van der Waals surface area contributed by atoms with Crippen LogP contribution in [0.4, 0.5) is 5.69 Å². The number of benzene rings is 3. The standard InChI is InChI=1S/C41H45ClN4O5S/c1-45-34-11-6-5-9-28(34)22-36(45)40(48)44-52(49)20-7-3-4-12-37(50-2)32-16-13-30(32)24-46-25-41(19-8-10-27-21-31(42)15-17-33(27)41)26-51-38-18-14-29(23-35(38)46)39(47)43-52/h4-6,9,11-12,14-15,17-18,21-23,30,32,37H,3,7-8,10,13,16,19-20,24-26H2,1-2H3,(H,43,44,47,48,49)/b12-4+/t30-,32+,37-,41-,52?/m0/s1. The first-order chi connectivity index (χ1) is 25.1. The van der Waals surface area contributed by atoms with Crippen LogP contribution in [0.2, 0.25) is 5.02 Å². The number of nitrogens with one attached hydrogen (secondary N) is 1. The van der Waals surface area contributed by atoms with Gasteiger partial charge < -0.3 is 18.9 Å². The minimum absolute atomic E-state index is 0.0224. The lowest BCUT2D eigenvalue weighted by molar-refractivity contribution is 0.0132. The van der Waals surface area contributed by atoms with Crippen molar-refractivity contribution >= 4 is 49.9 Å². The fourth-order valence-corrected chi connectivity index (χ4v) is 10.6. The highest BCUT2D eigenvalue weighted by molar-refractivity contribution is 7.92. The third-order valence-corrected chi connectivity index (χ3v) is 13.7. The molecule has 1 fully saturated rings. The second-order valence-corrected chi connectivity index (χ2v) is 17.4. The summed E-state index contributed by atoms with van der Waals surface area (Å²) in [6, 6.07) is 21.0. The van der Waals surface area contributed by atoms with Gasteiger partial charge in [-0.15, -0.1) is 4.36 Å². The van der Waals surface area contributed by atoms with Crippen molar-refractivity contribution in [1.29, 1.82) is 0 Å². The van der Waals surface area contributed by atoms with E-state index in [4.69, 9.17) is 21.1 Å². The van der Waals surface area contributed by atoms with E-state index in [1.54, 1.807) is 30.9 Å². The Morgan fingerprint density at radius 3 is 2.77 bits per heavy atom. The average molecular weight is 741 g/mol. The second kappa shape index (κ2) is 14.0. The Balaban J connectivity index is 1.19. The zero-order valence-corrected chi connectivity index (χ0v) is 31.3. The number of methoxy groups -OCH3 is 1. The number of amides is 2. The molecule has 1 N–H and O–H groups in total. The van der Waals surface area contributed by atoms with Gasteiger partial charge in [-0.25, -0.2) is 4.21 Å². The Kier molecular flexibility index (Phi) is 9.42. The Hall–Kier alpha value is -4.12. The minimum Gasteiger partial charge on any atom is -0.490 e. The lowest BCUT2D eigenvalue weighted by atomic mass is 9.68. The number of carbonyl (C=O) groups excluding carboxylic acids is 2. The highest BCUT2D eigenvalue weighted by atomic mass is 35.5. The van der Waals surface area contributed by atoms with Gasteiger partial charge in [0.05, 0.1) is 24.2 Å². The topological polar surface area (TPSA) is 102 Å². The molecule has 5 atom stereocenters. The van der Waals surface area contributed by atoms with E-state index in [9.17, 15) is 13.8 Å². The van der Waals surface area contributed by atoms with E-state index in [1.807, 2.05) is 42.5 Å². The molecule has 4 aliphatic rings. The van der Waals surface area contributed by atoms with Crippen LogP contribution in [0.1, 0.15) is 70.5 Å². The SMILES string of the molecule is CO[C@H]1/C=C/CCCS(=O)(NC(=O)c2cc3ccccc3n2C)=NC(=O)c2ccc3c(c2)N(C[C@@H]2CC[C@H]21)C[C@@]1(CCCc2cc(Cl)ccc21)CO3. The van der Waals surface area contributed by atoms with Crippen LogP contribution < -0.4 is 14.4 Å². The Morgan fingerprint density at radius 1 is 1.10 bits per heavy atom. The van der Waals surface area contributed by atoms with Crippen molar-refractivity contribution in [2.45, 2.75) is 56.5 Å². The highest BCUT2D eigenvalue weighted by Gasteiger charge is 2.44. The van der Waals surface area contributed by atoms with Gasteiger partial charge in [0.25, 0.3) is 11.8 Å². The molecule has 9 nitrogen and oxygen atoms in total. The van der Waals surface area contributed by atoms with Crippen LogP contribution in [-0.2, 0) is 33.5 Å². The van der Waals surface area contributed by atoms with Gasteiger partial charge in [0.2, 0.25) is 0 Å². The molecule has 0 radical (unpaired) electrons. The van der Waals surface area contributed by atoms with Crippen LogP contribution in [0.15, 0.2) is 83.2 Å². The first kappa shape index (κ1) is 34.9. The quantitative estimate of drug-likeness (QED) is 0.217. The van der Waals surface area contributed by atoms with Crippen molar-refractivity contribution in [3.63, 3.8) is 0 Å². The number of para-hydroxylation sites is 1. The van der Waals surface area contributed by atoms with Crippen LogP contribution in [0.25, 0.3) is 10.9 Å². The third-order valence-electron chi connectivity index (χ3n) is 11.7. The molecule has 3 heterocycles. The number of hydrogen-bond acceptors (Lipinski definition) is 6. The Labute approximate surface area is 310 Å². The van der Waals surface area contributed by atoms with Crippen molar-refractivity contribution in [2.24, 2.45) is 23.2 Å². The van der Waals surface area contributed by atoms with E-state index in [0.717, 1.165) is 66.8 Å². The molecule has 1 spiro atoms. The number of allylic oxidation sites excluding steroid dienone is 1. The lowest BCUT2D eigenvalue weighted by Crippen LogP contribution is -2.49. The molecule has 2 aliphatic heterocycles. The number of ether oxygens (including phenoxy) is 2. The maximum absolute atomic E-state index is 14.5. The van der Waals surface area contributed by atoms with E-state index in [1.165, 1.54) is 11.1 Å². The lowest BCUT2D eigenvalue weighted by Gasteiger charge is -2.46. The second-order valence-electron chi connectivity index (χ2n) is 14.9. The van der Waals surface area contributed by atoms with Crippen LogP contribution in [-0.4, -0.2) is 59.3 Å². The molecule has 2 aliphatic carbocycles. The summed E-state index contributed by atoms with van der Waals surface area (Å²) in [5, 5.41) is 1.63. The molecule has 272 valence electrons. The molecule has 2 bridgehead atoms. The number of nitrogens with zero attached hydrogens (tertiary/aromatic N) is 3. The maximum Gasteiger partial charge on any atom is 0.286 e. The van der Waals surface area contributed by atoms with E-state index in [2.05, 4.69) is 38.3 Å². The molecule has 3 aromatic carbocycles. The minimum atomic E-state index is -3.50. The molecule has 1 unspecified atom stereocenters. The summed E-state index contributed by atoms with van der Waals surface area (Å²) < 4.78 is 36.0. The number of anilines is 1. The van der Waals surface area contributed by atoms with Gasteiger partial charge in [-0.05, 0) is 110 Å². The van der Waals surface area contributed by atoms with Crippen molar-refractivity contribution < 1.29 is 23.3 Å². The fraction of sp³-hybridized carbons (Fsp3) is 0.415. The Bertz CT molecular complexity index is 2210. The van der Waals surface area contributed by atoms with Gasteiger partial charge >= 0.3 is 0 Å². The first-order valence-electron chi connectivity index (χ1n) is 18.3. The highest BCUT2D eigenvalue weighted by Crippen LogP contribution is 2.47. The molecule has 52 heavy (non-hydrogen) atoms. The summed E-state index contributed by atoms with van der Waals surface area (Å²) in [6.45, 7) is 2.01. The fourth-order valence-electron chi connectivity index (χ4n) is 8.82. The van der Waals surface area contributed by atoms with Crippen LogP contribution in [0, 0.1) is 11.8 Å². The van der Waals surface area contributed by atoms with Crippen molar-refractivity contribution in [1.82, 2.24) is 9.29 Å². The monoisotopic (exact) mass is 740 g/mol. The first-order valence-corrected chi connectivity index (χ1v) is 20.4. The van der Waals surface area contributed by atoms with Gasteiger partial charge in [0, 0.05) is 54.2 Å². The Morgan fingerprint density at radius 2 is 1.96 bits per heavy atom. The summed E-state index contributed by atoms with van der Waals surface area (Å²) in [6.07, 6.45) is 10.4. The zero-order valence-electron chi connectivity index (χ0n) is 29.7. The number of rotatable bonds is 3. The smallest absolute Gasteiger partial charge is 0.286 e. The molecule has 1 saturated carbocycles. The van der Waals surface area contributed by atoms with Crippen LogP contribution in [0.5, 0.6) is 5.75 Å². The van der Waals surface area contributed by atoms with E-state index >= 15 is 0 Å². The molecule has 0 saturated heterocycles. The number of aryl methyl sites for hydroxylation is 2. The van der Waals surface area contributed by atoms with Gasteiger partial charge in [-0.1, -0.05) is 48.0 Å². The van der Waals surface area contributed by atoms with Crippen molar-refractivity contribution in [2.75, 3.05) is 37.5 Å². The van der Waals surface area contributed by atoms with Gasteiger partial charge in [-0.3, -0.25) is 14.3 Å². The predicted octanol–water partition coefficient (Wildman–Crippen LogP) is 7.65. The summed E-state index contributed by atoms with van der Waals surface area (Å²) in [5.74, 6) is 0.297. The van der Waals surface area contributed by atoms with Crippen LogP contribution >= 0.6 is 11.6 Å². The number of fused-ring (bicyclic) bond motifs is 5. The third kappa shape index (κ3) is 6.54.